The molecule has 4 aliphatic carbocycles. The molecule has 0 aromatic heterocycles. The SMILES string of the molecule is C=C(C)[C@@H]1CCC2(C(=O)OC)CC[C@]3(C)C(CCC4[C@@](C)(CC#N)C(C(C)(C)C(=O)NCC(O)CO)CC[C@]43C)C12. The highest BCUT2D eigenvalue weighted by Crippen LogP contribution is 2.76. The molecule has 7 heteroatoms. The topological polar surface area (TPSA) is 120 Å². The molecule has 4 aliphatic rings. The van der Waals surface area contributed by atoms with E-state index in [9.17, 15) is 25.1 Å². The van der Waals surface area contributed by atoms with Gasteiger partial charge in [-0.2, -0.15) is 5.26 Å². The van der Waals surface area contributed by atoms with Gasteiger partial charge in [-0.3, -0.25) is 9.59 Å². The molecular weight excluding hydrogens is 516 g/mol. The third-order valence-electron chi connectivity index (χ3n) is 13.6. The Balaban J connectivity index is 1.72. The number of nitriles is 1. The minimum absolute atomic E-state index is 0.00450. The van der Waals surface area contributed by atoms with Crippen molar-refractivity contribution in [2.24, 2.45) is 56.7 Å². The molecule has 7 nitrogen and oxygen atoms in total. The molecule has 0 aliphatic heterocycles. The second-order valence-electron chi connectivity index (χ2n) is 15.4. The average molecular weight is 571 g/mol. The van der Waals surface area contributed by atoms with Crippen LogP contribution in [0.2, 0.25) is 0 Å². The number of amides is 1. The lowest BCUT2D eigenvalue weighted by atomic mass is 9.33. The van der Waals surface area contributed by atoms with E-state index in [0.29, 0.717) is 18.3 Å². The highest BCUT2D eigenvalue weighted by molar-refractivity contribution is 5.82. The van der Waals surface area contributed by atoms with Crippen LogP contribution >= 0.6 is 0 Å². The van der Waals surface area contributed by atoms with E-state index < -0.39 is 23.5 Å². The van der Waals surface area contributed by atoms with Crippen molar-refractivity contribution in [3.8, 4) is 6.07 Å². The Morgan fingerprint density at radius 2 is 1.78 bits per heavy atom. The van der Waals surface area contributed by atoms with Gasteiger partial charge < -0.3 is 20.3 Å². The minimum atomic E-state index is -0.993. The summed E-state index contributed by atoms with van der Waals surface area (Å²) in [5.74, 6) is 0.990. The van der Waals surface area contributed by atoms with Crippen LogP contribution in [0.25, 0.3) is 0 Å². The van der Waals surface area contributed by atoms with Crippen LogP contribution in [-0.4, -0.2) is 48.5 Å². The highest BCUT2D eigenvalue weighted by Gasteiger charge is 2.71. The predicted molar refractivity (Wildman–Crippen MR) is 158 cm³/mol. The van der Waals surface area contributed by atoms with Crippen LogP contribution in [0.3, 0.4) is 0 Å². The Kier molecular flexibility index (Phi) is 8.57. The van der Waals surface area contributed by atoms with Gasteiger partial charge in [0.05, 0.1) is 31.3 Å². The summed E-state index contributed by atoms with van der Waals surface area (Å²) in [6.07, 6.45) is 6.86. The van der Waals surface area contributed by atoms with Gasteiger partial charge in [-0.05, 0) is 104 Å². The van der Waals surface area contributed by atoms with E-state index in [1.807, 2.05) is 13.8 Å². The number of nitrogens with zero attached hydrogens (tertiary/aromatic N) is 1. The van der Waals surface area contributed by atoms with Crippen LogP contribution in [0.5, 0.6) is 0 Å². The molecule has 3 N–H and O–H groups in total. The zero-order valence-corrected chi connectivity index (χ0v) is 26.5. The molecule has 1 amide bonds. The first kappa shape index (κ1) is 32.0. The van der Waals surface area contributed by atoms with E-state index in [-0.39, 0.29) is 52.4 Å². The molecule has 41 heavy (non-hydrogen) atoms. The number of fused-ring (bicyclic) bond motifs is 5. The second kappa shape index (κ2) is 11.0. The third kappa shape index (κ3) is 4.58. The van der Waals surface area contributed by atoms with E-state index in [2.05, 4.69) is 45.7 Å². The van der Waals surface area contributed by atoms with Crippen LogP contribution < -0.4 is 5.32 Å². The molecule has 0 bridgehead atoms. The molecule has 0 radical (unpaired) electrons. The summed E-state index contributed by atoms with van der Waals surface area (Å²) >= 11 is 0. The van der Waals surface area contributed by atoms with Crippen molar-refractivity contribution in [2.45, 2.75) is 105 Å². The number of hydrogen-bond acceptors (Lipinski definition) is 6. The fourth-order valence-electron chi connectivity index (χ4n) is 11.3. The van der Waals surface area contributed by atoms with E-state index in [1.165, 1.54) is 12.7 Å². The normalized spacial score (nSPS) is 42.6. The first-order valence-electron chi connectivity index (χ1n) is 15.8. The Bertz CT molecular complexity index is 1100. The number of nitrogens with one attached hydrogen (secondary N) is 1. The zero-order valence-electron chi connectivity index (χ0n) is 26.5. The molecule has 0 heterocycles. The quantitative estimate of drug-likeness (QED) is 0.265. The molecule has 0 spiro atoms. The zero-order chi connectivity index (χ0) is 30.6. The summed E-state index contributed by atoms with van der Waals surface area (Å²) in [6, 6.07) is 2.52. The molecule has 10 atom stereocenters. The van der Waals surface area contributed by atoms with Gasteiger partial charge in [0.15, 0.2) is 0 Å². The van der Waals surface area contributed by atoms with Gasteiger partial charge in [0.2, 0.25) is 5.91 Å². The Hall–Kier alpha value is -1.91. The second-order valence-corrected chi connectivity index (χ2v) is 15.4. The van der Waals surface area contributed by atoms with Gasteiger partial charge in [-0.15, -0.1) is 0 Å². The minimum Gasteiger partial charge on any atom is -0.469 e. The van der Waals surface area contributed by atoms with Crippen molar-refractivity contribution in [1.29, 1.82) is 5.26 Å². The fourth-order valence-corrected chi connectivity index (χ4v) is 11.3. The van der Waals surface area contributed by atoms with Gasteiger partial charge in [-0.1, -0.05) is 46.8 Å². The molecule has 4 saturated carbocycles. The number of rotatable bonds is 8. The van der Waals surface area contributed by atoms with Gasteiger partial charge in [0.25, 0.3) is 0 Å². The van der Waals surface area contributed by atoms with Crippen LogP contribution in [0, 0.1) is 68.0 Å². The standard InChI is InChI=1S/C34H54N2O5/c1-21(2)23-11-14-34(29(40)41-8)16-15-32(6)24(27(23)34)9-10-26-31(5,17-18-35)25(12-13-33(26,32)7)30(3,4)28(39)36-19-22(38)20-37/h22-27,37-38H,1,9-17,19-20H2,2-8H3,(H,36,39)/t22?,23-,24?,25?,26?,27?,31-,32+,33+,34?/m0/s1. The summed E-state index contributed by atoms with van der Waals surface area (Å²) in [5.41, 5.74) is -0.417. The van der Waals surface area contributed by atoms with E-state index in [1.54, 1.807) is 0 Å². The van der Waals surface area contributed by atoms with Crippen molar-refractivity contribution >= 4 is 11.9 Å². The summed E-state index contributed by atoms with van der Waals surface area (Å²) in [6.45, 7) is 17.2. The number of hydrogen-bond donors (Lipinski definition) is 3. The van der Waals surface area contributed by atoms with Gasteiger partial charge in [-0.25, -0.2) is 0 Å². The molecule has 4 fully saturated rings. The number of carbonyl (C=O) groups excluding carboxylic acids is 2. The summed E-state index contributed by atoms with van der Waals surface area (Å²) in [4.78, 5) is 27.0. The van der Waals surface area contributed by atoms with Crippen molar-refractivity contribution in [3.63, 3.8) is 0 Å². The molecule has 6 unspecified atom stereocenters. The number of esters is 1. The summed E-state index contributed by atoms with van der Waals surface area (Å²) in [7, 11) is 1.53. The number of methoxy groups -OCH3 is 1. The molecular formula is C34H54N2O5. The first-order chi connectivity index (χ1) is 19.1. The number of carbonyl (C=O) groups is 2. The number of allylic oxidation sites excluding steroid dienone is 1. The van der Waals surface area contributed by atoms with Gasteiger partial charge in [0.1, 0.15) is 0 Å². The average Bonchev–Trinajstić information content (AvgIpc) is 3.32. The van der Waals surface area contributed by atoms with Crippen LogP contribution in [0.4, 0.5) is 0 Å². The molecule has 0 saturated heterocycles. The predicted octanol–water partition coefficient (Wildman–Crippen LogP) is 5.41. The maximum Gasteiger partial charge on any atom is 0.312 e. The van der Waals surface area contributed by atoms with Crippen LogP contribution in [0.15, 0.2) is 12.2 Å². The van der Waals surface area contributed by atoms with E-state index >= 15 is 0 Å². The molecule has 0 aromatic carbocycles. The first-order valence-corrected chi connectivity index (χ1v) is 15.8. The smallest absolute Gasteiger partial charge is 0.312 e. The number of aliphatic hydroxyl groups is 2. The maximum atomic E-state index is 13.5. The summed E-state index contributed by atoms with van der Waals surface area (Å²) in [5, 5.41) is 32.1. The van der Waals surface area contributed by atoms with Crippen molar-refractivity contribution in [2.75, 3.05) is 20.3 Å². The van der Waals surface area contributed by atoms with E-state index in [4.69, 9.17) is 4.74 Å². The molecule has 230 valence electrons. The van der Waals surface area contributed by atoms with Crippen LogP contribution in [0.1, 0.15) is 99.3 Å². The molecule has 4 rings (SSSR count). The number of ether oxygens (including phenoxy) is 1. The largest absolute Gasteiger partial charge is 0.469 e. The summed E-state index contributed by atoms with van der Waals surface area (Å²) < 4.78 is 5.48. The lowest BCUT2D eigenvalue weighted by Gasteiger charge is -2.71. The van der Waals surface area contributed by atoms with Crippen molar-refractivity contribution < 1.29 is 24.5 Å². The fraction of sp³-hybridized carbons (Fsp3) is 0.853. The molecule has 0 aromatic rings. The highest BCUT2D eigenvalue weighted by atomic mass is 16.5. The van der Waals surface area contributed by atoms with Crippen molar-refractivity contribution in [1.82, 2.24) is 5.32 Å². The third-order valence-corrected chi connectivity index (χ3v) is 13.6. The maximum absolute atomic E-state index is 13.5. The van der Waals surface area contributed by atoms with Gasteiger partial charge >= 0.3 is 5.97 Å². The lowest BCUT2D eigenvalue weighted by molar-refractivity contribution is -0.229. The van der Waals surface area contributed by atoms with Crippen molar-refractivity contribution in [3.05, 3.63) is 12.2 Å². The van der Waals surface area contributed by atoms with Gasteiger partial charge in [0, 0.05) is 18.4 Å². The Morgan fingerprint density at radius 3 is 2.37 bits per heavy atom. The Morgan fingerprint density at radius 1 is 1.10 bits per heavy atom. The van der Waals surface area contributed by atoms with E-state index in [0.717, 1.165) is 51.4 Å². The number of aliphatic hydroxyl groups excluding tert-OH is 2. The van der Waals surface area contributed by atoms with Crippen LogP contribution in [-0.2, 0) is 14.3 Å². The monoisotopic (exact) mass is 570 g/mol. The Labute approximate surface area is 247 Å². The lowest BCUT2D eigenvalue weighted by Crippen LogP contribution is -2.66.